The molecule has 1 aliphatic heterocycles. The van der Waals surface area contributed by atoms with E-state index in [0.29, 0.717) is 50.0 Å². The summed E-state index contributed by atoms with van der Waals surface area (Å²) in [6.45, 7) is 11.5. The number of nitro benzene ring substituents is 1. The molecule has 0 bridgehead atoms. The second-order valence-corrected chi connectivity index (χ2v) is 12.3. The van der Waals surface area contributed by atoms with E-state index in [2.05, 4.69) is 22.3 Å². The molecule has 6 N–H and O–H groups in total. The lowest BCUT2D eigenvalue weighted by Crippen LogP contribution is -2.44. The predicted octanol–water partition coefficient (Wildman–Crippen LogP) is 3.58. The number of nitro groups is 1. The molecule has 1 aliphatic rings. The number of ether oxygens (including phenoxy) is 3. The Labute approximate surface area is 297 Å². The third kappa shape index (κ3) is 11.2. The number of nitrogens with zero attached hydrogens (tertiary/aromatic N) is 5. The molecule has 51 heavy (non-hydrogen) atoms. The zero-order valence-electron chi connectivity index (χ0n) is 29.6. The fourth-order valence-corrected chi connectivity index (χ4v) is 5.16. The van der Waals surface area contributed by atoms with Gasteiger partial charge in [0.25, 0.3) is 5.69 Å². The number of nitrogens with one attached hydrogen (secondary N) is 2. The monoisotopic (exact) mass is 709 g/mol. The van der Waals surface area contributed by atoms with E-state index in [1.165, 1.54) is 25.3 Å². The van der Waals surface area contributed by atoms with Gasteiger partial charge >= 0.3 is 6.09 Å². The number of primary amides is 2. The molecule has 0 radical (unpaired) electrons. The summed E-state index contributed by atoms with van der Waals surface area (Å²) < 4.78 is 16.9. The molecule has 0 unspecified atom stereocenters. The second kappa shape index (κ2) is 18.4. The molecule has 2 aromatic carbocycles. The Balaban J connectivity index is 1.75. The Morgan fingerprint density at radius 1 is 1.06 bits per heavy atom. The maximum atomic E-state index is 12.6. The minimum absolute atomic E-state index is 0.0131. The smallest absolute Gasteiger partial charge is 0.424 e. The molecule has 276 valence electrons. The summed E-state index contributed by atoms with van der Waals surface area (Å²) in [5.74, 6) is -1.05. The van der Waals surface area contributed by atoms with Crippen LogP contribution in [0.4, 0.5) is 27.5 Å². The van der Waals surface area contributed by atoms with Crippen molar-refractivity contribution in [1.29, 1.82) is 0 Å². The maximum Gasteiger partial charge on any atom is 0.424 e. The van der Waals surface area contributed by atoms with Gasteiger partial charge in [-0.2, -0.15) is 0 Å². The van der Waals surface area contributed by atoms with Gasteiger partial charge in [-0.3, -0.25) is 24.7 Å². The molecule has 1 heterocycles. The molecule has 0 spiro atoms. The summed E-state index contributed by atoms with van der Waals surface area (Å²) in [5, 5.41) is 21.6. The average Bonchev–Trinajstić information content (AvgIpc) is 3.55. The number of hydrogen-bond donors (Lipinski definition) is 4. The van der Waals surface area contributed by atoms with E-state index in [1.54, 1.807) is 24.2 Å². The Kier molecular flexibility index (Phi) is 14.3. The molecule has 1 saturated heterocycles. The number of rotatable bonds is 18. The van der Waals surface area contributed by atoms with E-state index in [0.717, 1.165) is 12.5 Å². The van der Waals surface area contributed by atoms with Crippen molar-refractivity contribution in [2.24, 2.45) is 16.5 Å². The minimum atomic E-state index is -0.849. The molecular weight excluding hydrogens is 662 g/mol. The van der Waals surface area contributed by atoms with Crippen LogP contribution in [0.5, 0.6) is 11.5 Å². The Bertz CT molecular complexity index is 1660. The molecule has 0 aromatic heterocycles. The number of carbonyl (C=O) groups is 3. The summed E-state index contributed by atoms with van der Waals surface area (Å²) in [4.78, 5) is 53.8. The first kappa shape index (κ1) is 39.8. The van der Waals surface area contributed by atoms with Crippen LogP contribution in [0.25, 0.3) is 0 Å². The maximum absolute atomic E-state index is 12.6. The van der Waals surface area contributed by atoms with Crippen molar-refractivity contribution in [3.05, 3.63) is 69.8 Å². The van der Waals surface area contributed by atoms with Crippen LogP contribution in [-0.4, -0.2) is 105 Å². The van der Waals surface area contributed by atoms with Crippen LogP contribution in [0.15, 0.2) is 53.6 Å². The SMILES string of the molecule is C=Nc1cc(C(N)=O)cc(OC)c1N(C/C=C/CNc1c(OC/C=C/CN2CCCN2C(=O)OC(C)(C)C)cc(C(N)=O)cc1[N+](=O)[O-])CNC. The number of methoxy groups -OCH3 is 1. The molecule has 17 nitrogen and oxygen atoms in total. The van der Waals surface area contributed by atoms with Gasteiger partial charge in [0.1, 0.15) is 23.6 Å². The van der Waals surface area contributed by atoms with Crippen molar-refractivity contribution in [1.82, 2.24) is 15.3 Å². The van der Waals surface area contributed by atoms with Crippen LogP contribution < -0.4 is 36.5 Å². The highest BCUT2D eigenvalue weighted by molar-refractivity contribution is 5.97. The summed E-state index contributed by atoms with van der Waals surface area (Å²) in [5.41, 5.74) is 11.1. The van der Waals surface area contributed by atoms with Crippen molar-refractivity contribution in [2.45, 2.75) is 32.8 Å². The van der Waals surface area contributed by atoms with Crippen molar-refractivity contribution in [3.63, 3.8) is 0 Å². The quantitative estimate of drug-likeness (QED) is 0.0574. The Morgan fingerprint density at radius 3 is 2.35 bits per heavy atom. The lowest BCUT2D eigenvalue weighted by Gasteiger charge is -2.29. The van der Waals surface area contributed by atoms with E-state index in [1.807, 2.05) is 42.8 Å². The average molecular weight is 710 g/mol. The minimum Gasteiger partial charge on any atom is -0.494 e. The van der Waals surface area contributed by atoms with Gasteiger partial charge in [-0.25, -0.2) is 14.8 Å². The van der Waals surface area contributed by atoms with Gasteiger partial charge in [-0.1, -0.05) is 24.3 Å². The largest absolute Gasteiger partial charge is 0.494 e. The van der Waals surface area contributed by atoms with Crippen LogP contribution >= 0.6 is 0 Å². The molecule has 0 aliphatic carbocycles. The lowest BCUT2D eigenvalue weighted by molar-refractivity contribution is -0.384. The van der Waals surface area contributed by atoms with Crippen LogP contribution in [0, 0.1) is 10.1 Å². The molecule has 2 aromatic rings. The summed E-state index contributed by atoms with van der Waals surface area (Å²) >= 11 is 0. The normalized spacial score (nSPS) is 13.4. The molecule has 1 fully saturated rings. The third-order valence-electron chi connectivity index (χ3n) is 7.40. The fraction of sp³-hybridized carbons (Fsp3) is 0.412. The van der Waals surface area contributed by atoms with Gasteiger partial charge in [0.2, 0.25) is 11.8 Å². The number of amides is 3. The van der Waals surface area contributed by atoms with Crippen LogP contribution in [0.2, 0.25) is 0 Å². The van der Waals surface area contributed by atoms with E-state index in [-0.39, 0.29) is 41.4 Å². The highest BCUT2D eigenvalue weighted by Gasteiger charge is 2.30. The Morgan fingerprint density at radius 2 is 1.75 bits per heavy atom. The van der Waals surface area contributed by atoms with Gasteiger partial charge in [-0.05, 0) is 59.2 Å². The lowest BCUT2D eigenvalue weighted by atomic mass is 10.1. The van der Waals surface area contributed by atoms with Gasteiger partial charge in [0.05, 0.1) is 24.4 Å². The zero-order chi connectivity index (χ0) is 37.7. The van der Waals surface area contributed by atoms with E-state index in [4.69, 9.17) is 25.7 Å². The summed E-state index contributed by atoms with van der Waals surface area (Å²) in [7, 11) is 3.23. The number of aliphatic imine (C=N–C) groups is 1. The second-order valence-electron chi connectivity index (χ2n) is 12.3. The molecule has 0 atom stereocenters. The van der Waals surface area contributed by atoms with Gasteiger partial charge in [-0.15, -0.1) is 0 Å². The number of anilines is 2. The summed E-state index contributed by atoms with van der Waals surface area (Å²) in [6.07, 6.45) is 7.49. The zero-order valence-corrected chi connectivity index (χ0v) is 29.6. The van der Waals surface area contributed by atoms with Gasteiger partial charge in [0, 0.05) is 49.9 Å². The van der Waals surface area contributed by atoms with E-state index < -0.39 is 28.4 Å². The number of hydrazine groups is 1. The topological polar surface area (TPSA) is 220 Å². The van der Waals surface area contributed by atoms with Crippen molar-refractivity contribution in [3.8, 4) is 11.5 Å². The molecule has 3 amide bonds. The van der Waals surface area contributed by atoms with Crippen molar-refractivity contribution in [2.75, 3.05) is 70.4 Å². The number of nitrogens with two attached hydrogens (primary N) is 2. The van der Waals surface area contributed by atoms with Gasteiger partial charge in [0.15, 0.2) is 11.4 Å². The fourth-order valence-electron chi connectivity index (χ4n) is 5.16. The van der Waals surface area contributed by atoms with Crippen LogP contribution in [0.3, 0.4) is 0 Å². The highest BCUT2D eigenvalue weighted by atomic mass is 16.6. The van der Waals surface area contributed by atoms with Crippen LogP contribution in [-0.2, 0) is 4.74 Å². The van der Waals surface area contributed by atoms with Crippen LogP contribution in [0.1, 0.15) is 47.9 Å². The summed E-state index contributed by atoms with van der Waals surface area (Å²) in [6, 6.07) is 5.49. The standard InChI is InChI=1S/C34H47N9O8/c1-34(2,3)51-33(46)42-16-11-15-41(42)14-9-10-17-50-27-20-24(32(36)45)19-26(43(47)48)29(27)39-12-7-8-13-40(22-37-4)30-25(38-5)18-23(31(35)44)21-28(30)49-6/h7-10,18-21,37,39H,5,11-17,22H2,1-4,6H3,(H2,35,44)(H2,36,45)/b8-7+,10-9+. The number of hydrogen-bond acceptors (Lipinski definition) is 13. The number of carbonyl (C=O) groups excluding carboxylic acids is 3. The third-order valence-corrected chi connectivity index (χ3v) is 7.40. The molecule has 0 saturated carbocycles. The number of benzene rings is 2. The van der Waals surface area contributed by atoms with Crippen molar-refractivity contribution >= 4 is 47.4 Å². The van der Waals surface area contributed by atoms with Gasteiger partial charge < -0.3 is 41.2 Å². The highest BCUT2D eigenvalue weighted by Crippen LogP contribution is 2.39. The molecular formula is C34H47N9O8. The molecule has 3 rings (SSSR count). The molecule has 17 heteroatoms. The first-order chi connectivity index (χ1) is 24.2. The Hall–Kier alpha value is -5.68. The first-order valence-corrected chi connectivity index (χ1v) is 16.1. The first-order valence-electron chi connectivity index (χ1n) is 16.1. The van der Waals surface area contributed by atoms with Crippen molar-refractivity contribution < 1.29 is 33.5 Å². The predicted molar refractivity (Wildman–Crippen MR) is 195 cm³/mol. The van der Waals surface area contributed by atoms with E-state index in [9.17, 15) is 24.5 Å². The van der Waals surface area contributed by atoms with E-state index >= 15 is 0 Å².